The number of carbonyl (C=O) groups excluding carboxylic acids is 2. The van der Waals surface area contributed by atoms with Crippen molar-refractivity contribution in [2.45, 2.75) is 12.8 Å². The average Bonchev–Trinajstić information content (AvgIpc) is 3.15. The lowest BCUT2D eigenvalue weighted by molar-refractivity contribution is -0.117. The minimum absolute atomic E-state index is 0.00153. The van der Waals surface area contributed by atoms with Crippen LogP contribution in [-0.4, -0.2) is 24.1 Å². The lowest BCUT2D eigenvalue weighted by Crippen LogP contribution is -2.14. The van der Waals surface area contributed by atoms with Crippen molar-refractivity contribution in [3.05, 3.63) is 22.7 Å². The van der Waals surface area contributed by atoms with Crippen molar-refractivity contribution in [2.75, 3.05) is 12.4 Å². The van der Waals surface area contributed by atoms with Crippen molar-refractivity contribution in [1.29, 1.82) is 0 Å². The summed E-state index contributed by atoms with van der Waals surface area (Å²) in [5.41, 5.74) is 0.264. The van der Waals surface area contributed by atoms with E-state index in [0.29, 0.717) is 0 Å². The summed E-state index contributed by atoms with van der Waals surface area (Å²) in [5.74, 6) is -0.964. The van der Waals surface area contributed by atoms with Crippen LogP contribution in [0.15, 0.2) is 12.1 Å². The minimum atomic E-state index is -0.623. The van der Waals surface area contributed by atoms with Crippen molar-refractivity contribution in [1.82, 2.24) is 0 Å². The van der Waals surface area contributed by atoms with Gasteiger partial charge in [0.2, 0.25) is 5.91 Å². The molecule has 1 aromatic carbocycles. The smallest absolute Gasteiger partial charge is 0.339 e. The number of nitrogens with one attached hydrogen (secondary N) is 1. The minimum Gasteiger partial charge on any atom is -0.506 e. The second-order valence-corrected chi connectivity index (χ2v) is 4.51. The molecule has 0 aliphatic heterocycles. The van der Waals surface area contributed by atoms with Gasteiger partial charge in [-0.25, -0.2) is 4.79 Å². The number of esters is 1. The predicted molar refractivity (Wildman–Crippen MR) is 65.8 cm³/mol. The molecule has 1 aliphatic carbocycles. The third-order valence-corrected chi connectivity index (χ3v) is 3.01. The van der Waals surface area contributed by atoms with Crippen LogP contribution in [0.4, 0.5) is 5.69 Å². The molecule has 1 fully saturated rings. The molecule has 0 spiro atoms. The number of ether oxygens (including phenoxy) is 1. The largest absolute Gasteiger partial charge is 0.506 e. The summed E-state index contributed by atoms with van der Waals surface area (Å²) in [7, 11) is 1.23. The second-order valence-electron chi connectivity index (χ2n) is 4.10. The van der Waals surface area contributed by atoms with Gasteiger partial charge in [-0.1, -0.05) is 11.6 Å². The number of rotatable bonds is 3. The Morgan fingerprint density at radius 3 is 2.67 bits per heavy atom. The monoisotopic (exact) mass is 269 g/mol. The fraction of sp³-hybridized carbons (Fsp3) is 0.333. The van der Waals surface area contributed by atoms with Crippen LogP contribution >= 0.6 is 11.6 Å². The number of aromatic hydroxyl groups is 1. The van der Waals surface area contributed by atoms with Gasteiger partial charge in [-0.05, 0) is 18.9 Å². The average molecular weight is 270 g/mol. The van der Waals surface area contributed by atoms with Gasteiger partial charge in [0.15, 0.2) is 0 Å². The molecule has 0 aromatic heterocycles. The van der Waals surface area contributed by atoms with E-state index >= 15 is 0 Å². The highest BCUT2D eigenvalue weighted by Crippen LogP contribution is 2.34. The SMILES string of the molecule is COC(=O)c1cc(NC(=O)C2CC2)c(O)cc1Cl. The summed E-state index contributed by atoms with van der Waals surface area (Å²) in [6.45, 7) is 0. The van der Waals surface area contributed by atoms with Gasteiger partial charge in [0.1, 0.15) is 5.75 Å². The highest BCUT2D eigenvalue weighted by molar-refractivity contribution is 6.34. The van der Waals surface area contributed by atoms with Gasteiger partial charge in [-0.15, -0.1) is 0 Å². The summed E-state index contributed by atoms with van der Waals surface area (Å²) in [6, 6.07) is 2.51. The van der Waals surface area contributed by atoms with Crippen LogP contribution in [-0.2, 0) is 9.53 Å². The summed E-state index contributed by atoms with van der Waals surface area (Å²) in [5, 5.41) is 12.3. The number of anilines is 1. The first-order valence-electron chi connectivity index (χ1n) is 5.44. The Morgan fingerprint density at radius 1 is 1.44 bits per heavy atom. The van der Waals surface area contributed by atoms with Gasteiger partial charge in [0.25, 0.3) is 0 Å². The maximum atomic E-state index is 11.6. The molecule has 6 heteroatoms. The molecule has 0 saturated heterocycles. The Bertz CT molecular complexity index is 511. The third-order valence-electron chi connectivity index (χ3n) is 2.70. The van der Waals surface area contributed by atoms with Gasteiger partial charge < -0.3 is 15.2 Å². The van der Waals surface area contributed by atoms with E-state index in [1.54, 1.807) is 0 Å². The van der Waals surface area contributed by atoms with Crippen LogP contribution in [0.25, 0.3) is 0 Å². The zero-order valence-corrected chi connectivity index (χ0v) is 10.5. The fourth-order valence-corrected chi connectivity index (χ4v) is 1.74. The zero-order valence-electron chi connectivity index (χ0n) is 9.70. The third kappa shape index (κ3) is 2.56. The Labute approximate surface area is 109 Å². The Hall–Kier alpha value is -1.75. The van der Waals surface area contributed by atoms with Crippen molar-refractivity contribution in [2.24, 2.45) is 5.92 Å². The molecule has 0 atom stereocenters. The molecule has 18 heavy (non-hydrogen) atoms. The normalized spacial score (nSPS) is 14.1. The molecule has 1 saturated carbocycles. The molecule has 2 N–H and O–H groups in total. The van der Waals surface area contributed by atoms with E-state index in [0.717, 1.165) is 12.8 Å². The molecule has 0 unspecified atom stereocenters. The summed E-state index contributed by atoms with van der Waals surface area (Å²) >= 11 is 5.81. The first-order valence-corrected chi connectivity index (χ1v) is 5.82. The first kappa shape index (κ1) is 12.7. The number of phenolic OH excluding ortho intramolecular Hbond substituents is 1. The van der Waals surface area contributed by atoms with Gasteiger partial charge >= 0.3 is 5.97 Å². The van der Waals surface area contributed by atoms with E-state index in [1.165, 1.54) is 19.2 Å². The topological polar surface area (TPSA) is 75.6 Å². The van der Waals surface area contributed by atoms with Gasteiger partial charge in [-0.3, -0.25) is 4.79 Å². The second kappa shape index (κ2) is 4.86. The van der Waals surface area contributed by atoms with Crippen LogP contribution in [0.2, 0.25) is 5.02 Å². The molecule has 1 aromatic rings. The maximum Gasteiger partial charge on any atom is 0.339 e. The van der Waals surface area contributed by atoms with E-state index in [4.69, 9.17) is 11.6 Å². The molecular weight excluding hydrogens is 258 g/mol. The number of amides is 1. The number of hydrogen-bond acceptors (Lipinski definition) is 4. The Morgan fingerprint density at radius 2 is 2.11 bits per heavy atom. The van der Waals surface area contributed by atoms with Crippen molar-refractivity contribution < 1.29 is 19.4 Å². The predicted octanol–water partition coefficient (Wildman–Crippen LogP) is 2.18. The maximum absolute atomic E-state index is 11.6. The molecule has 5 nitrogen and oxygen atoms in total. The quantitative estimate of drug-likeness (QED) is 0.651. The van der Waals surface area contributed by atoms with Gasteiger partial charge in [-0.2, -0.15) is 0 Å². The van der Waals surface area contributed by atoms with E-state index in [-0.39, 0.29) is 33.8 Å². The summed E-state index contributed by atoms with van der Waals surface area (Å²) < 4.78 is 4.56. The van der Waals surface area contributed by atoms with E-state index in [9.17, 15) is 14.7 Å². The molecule has 0 heterocycles. The highest BCUT2D eigenvalue weighted by Gasteiger charge is 2.30. The van der Waals surface area contributed by atoms with Gasteiger partial charge in [0, 0.05) is 12.0 Å². The number of phenols is 1. The van der Waals surface area contributed by atoms with Crippen LogP contribution in [0.1, 0.15) is 23.2 Å². The lowest BCUT2D eigenvalue weighted by atomic mass is 10.1. The van der Waals surface area contributed by atoms with Crippen LogP contribution in [0.5, 0.6) is 5.75 Å². The molecule has 0 radical (unpaired) electrons. The van der Waals surface area contributed by atoms with E-state index < -0.39 is 5.97 Å². The van der Waals surface area contributed by atoms with E-state index in [1.807, 2.05) is 0 Å². The highest BCUT2D eigenvalue weighted by atomic mass is 35.5. The van der Waals surface area contributed by atoms with Crippen molar-refractivity contribution in [3.8, 4) is 5.75 Å². The van der Waals surface area contributed by atoms with Crippen LogP contribution in [0.3, 0.4) is 0 Å². The van der Waals surface area contributed by atoms with Crippen molar-refractivity contribution >= 4 is 29.2 Å². The number of methoxy groups -OCH3 is 1. The molecule has 96 valence electrons. The van der Waals surface area contributed by atoms with Crippen molar-refractivity contribution in [3.63, 3.8) is 0 Å². The lowest BCUT2D eigenvalue weighted by Gasteiger charge is -2.10. The summed E-state index contributed by atoms with van der Waals surface area (Å²) in [6.07, 6.45) is 1.70. The Balaban J connectivity index is 2.28. The summed E-state index contributed by atoms with van der Waals surface area (Å²) in [4.78, 5) is 23.0. The molecular formula is C12H12ClNO4. The van der Waals surface area contributed by atoms with Crippen LogP contribution < -0.4 is 5.32 Å². The van der Waals surface area contributed by atoms with Crippen LogP contribution in [0, 0.1) is 5.92 Å². The molecule has 0 bridgehead atoms. The standard InChI is InChI=1S/C12H12ClNO4/c1-18-12(17)7-4-9(10(15)5-8(7)13)14-11(16)6-2-3-6/h4-6,15H,2-3H2,1H3,(H,14,16). The van der Waals surface area contributed by atoms with Gasteiger partial charge in [0.05, 0.1) is 23.4 Å². The zero-order chi connectivity index (χ0) is 13.3. The van der Waals surface area contributed by atoms with E-state index in [2.05, 4.69) is 10.1 Å². The molecule has 2 rings (SSSR count). The molecule has 1 aliphatic rings. The fourth-order valence-electron chi connectivity index (χ4n) is 1.51. The number of halogens is 1. The number of benzene rings is 1. The first-order chi connectivity index (χ1) is 8.52. The Kier molecular flexibility index (Phi) is 3.43. The number of carbonyl (C=O) groups is 2. The molecule has 1 amide bonds. The number of hydrogen-bond donors (Lipinski definition) is 2.